The van der Waals surface area contributed by atoms with E-state index in [9.17, 15) is 20.0 Å². The number of hydrogen-bond acceptors (Lipinski definition) is 5. The molecule has 0 atom stereocenters. The molecule has 0 spiro atoms. The van der Waals surface area contributed by atoms with Crippen molar-refractivity contribution >= 4 is 33.7 Å². The number of amides is 1. The fraction of sp³-hybridized carbons (Fsp3) is 0.100. The molecule has 1 aromatic heterocycles. The molecule has 2 aromatic carbocycles. The average Bonchev–Trinajstić information content (AvgIpc) is 3.02. The lowest BCUT2D eigenvalue weighted by Gasteiger charge is -2.10. The van der Waals surface area contributed by atoms with Gasteiger partial charge < -0.3 is 9.67 Å². The van der Waals surface area contributed by atoms with E-state index in [4.69, 9.17) is 0 Å². The molecule has 148 valence electrons. The van der Waals surface area contributed by atoms with Crippen LogP contribution in [0.2, 0.25) is 0 Å². The van der Waals surface area contributed by atoms with Crippen molar-refractivity contribution in [2.24, 2.45) is 5.10 Å². The topological polar surface area (TPSA) is 110 Å². The standard InChI is InChI=1S/C20H17BrN4O4/c1-12-6-7-13(2)24(12)16-5-3-4-15(10-16)20(27)23-22-11-14-8-17(21)19(26)18(9-14)25(28)29/h3-11,26H,1-2H3,(H,23,27). The summed E-state index contributed by atoms with van der Waals surface area (Å²) >= 11 is 3.06. The number of nitro groups is 1. The van der Waals surface area contributed by atoms with E-state index in [-0.39, 0.29) is 4.47 Å². The maximum Gasteiger partial charge on any atom is 0.312 e. The van der Waals surface area contributed by atoms with E-state index in [2.05, 4.69) is 26.5 Å². The van der Waals surface area contributed by atoms with Crippen molar-refractivity contribution in [2.45, 2.75) is 13.8 Å². The van der Waals surface area contributed by atoms with Gasteiger partial charge in [-0.25, -0.2) is 5.43 Å². The summed E-state index contributed by atoms with van der Waals surface area (Å²) < 4.78 is 2.19. The highest BCUT2D eigenvalue weighted by molar-refractivity contribution is 9.10. The Balaban J connectivity index is 1.78. The summed E-state index contributed by atoms with van der Waals surface area (Å²) in [6, 6.07) is 13.7. The van der Waals surface area contributed by atoms with Crippen LogP contribution in [-0.4, -0.2) is 26.7 Å². The van der Waals surface area contributed by atoms with Crippen molar-refractivity contribution in [1.82, 2.24) is 9.99 Å². The van der Waals surface area contributed by atoms with E-state index in [0.29, 0.717) is 11.1 Å². The lowest BCUT2D eigenvalue weighted by molar-refractivity contribution is -0.386. The number of hydrazone groups is 1. The summed E-state index contributed by atoms with van der Waals surface area (Å²) in [4.78, 5) is 22.7. The van der Waals surface area contributed by atoms with Crippen molar-refractivity contribution in [2.75, 3.05) is 0 Å². The van der Waals surface area contributed by atoms with Crippen LogP contribution in [0.15, 0.2) is 58.1 Å². The lowest BCUT2D eigenvalue weighted by atomic mass is 10.2. The molecule has 1 heterocycles. The number of benzene rings is 2. The number of rotatable bonds is 5. The molecule has 3 aromatic rings. The number of nitro benzene ring substituents is 1. The smallest absolute Gasteiger partial charge is 0.312 e. The predicted molar refractivity (Wildman–Crippen MR) is 113 cm³/mol. The number of nitrogens with one attached hydrogen (secondary N) is 1. The quantitative estimate of drug-likeness (QED) is 0.339. The molecule has 9 heteroatoms. The first-order chi connectivity index (χ1) is 13.8. The molecule has 0 bridgehead atoms. The zero-order valence-electron chi connectivity index (χ0n) is 15.6. The van der Waals surface area contributed by atoms with Crippen LogP contribution in [0.4, 0.5) is 5.69 Å². The molecule has 0 aliphatic rings. The van der Waals surface area contributed by atoms with Crippen molar-refractivity contribution < 1.29 is 14.8 Å². The second-order valence-electron chi connectivity index (χ2n) is 6.33. The zero-order chi connectivity index (χ0) is 21.1. The highest BCUT2D eigenvalue weighted by Gasteiger charge is 2.17. The maximum absolute atomic E-state index is 12.4. The number of halogens is 1. The van der Waals surface area contributed by atoms with Crippen LogP contribution in [0.1, 0.15) is 27.3 Å². The van der Waals surface area contributed by atoms with E-state index < -0.39 is 22.3 Å². The van der Waals surface area contributed by atoms with Gasteiger partial charge in [-0.05, 0) is 66.2 Å². The van der Waals surface area contributed by atoms with Gasteiger partial charge in [0, 0.05) is 34.3 Å². The third-order valence-corrected chi connectivity index (χ3v) is 4.88. The van der Waals surface area contributed by atoms with Crippen LogP contribution in [0.3, 0.4) is 0 Å². The third kappa shape index (κ3) is 4.35. The van der Waals surface area contributed by atoms with Gasteiger partial charge in [0.2, 0.25) is 5.75 Å². The summed E-state index contributed by atoms with van der Waals surface area (Å²) in [6.07, 6.45) is 1.26. The molecule has 0 saturated carbocycles. The van der Waals surface area contributed by atoms with Gasteiger partial charge >= 0.3 is 5.69 Å². The van der Waals surface area contributed by atoms with Gasteiger partial charge in [0.25, 0.3) is 5.91 Å². The summed E-state index contributed by atoms with van der Waals surface area (Å²) in [7, 11) is 0. The molecule has 3 rings (SSSR count). The number of phenolic OH excluding ortho intramolecular Hbond substituents is 1. The van der Waals surface area contributed by atoms with Crippen LogP contribution >= 0.6 is 15.9 Å². The minimum atomic E-state index is -0.702. The first kappa shape index (κ1) is 20.3. The van der Waals surface area contributed by atoms with Crippen LogP contribution in [-0.2, 0) is 0 Å². The van der Waals surface area contributed by atoms with Crippen molar-refractivity contribution in [1.29, 1.82) is 0 Å². The molecular formula is C20H17BrN4O4. The first-order valence-electron chi connectivity index (χ1n) is 8.53. The Morgan fingerprint density at radius 1 is 1.21 bits per heavy atom. The number of carbonyl (C=O) groups is 1. The van der Waals surface area contributed by atoms with Crippen LogP contribution in [0.25, 0.3) is 5.69 Å². The Kier molecular flexibility index (Phi) is 5.79. The Labute approximate surface area is 174 Å². The summed E-state index contributed by atoms with van der Waals surface area (Å²) in [5.74, 6) is -0.887. The second kappa shape index (κ2) is 8.27. The van der Waals surface area contributed by atoms with Gasteiger partial charge in [-0.2, -0.15) is 5.10 Å². The number of hydrogen-bond donors (Lipinski definition) is 2. The van der Waals surface area contributed by atoms with Crippen molar-refractivity contribution in [3.63, 3.8) is 0 Å². The third-order valence-electron chi connectivity index (χ3n) is 4.28. The molecule has 2 N–H and O–H groups in total. The van der Waals surface area contributed by atoms with Gasteiger partial charge in [0.1, 0.15) is 0 Å². The highest BCUT2D eigenvalue weighted by Crippen LogP contribution is 2.34. The first-order valence-corrected chi connectivity index (χ1v) is 9.33. The van der Waals surface area contributed by atoms with E-state index in [1.807, 2.05) is 36.6 Å². The predicted octanol–water partition coefficient (Wildman–Crippen LogP) is 4.23. The molecule has 29 heavy (non-hydrogen) atoms. The van der Waals surface area contributed by atoms with E-state index in [1.54, 1.807) is 18.2 Å². The number of nitrogens with zero attached hydrogens (tertiary/aromatic N) is 3. The van der Waals surface area contributed by atoms with Crippen LogP contribution in [0, 0.1) is 24.0 Å². The molecule has 1 amide bonds. The van der Waals surface area contributed by atoms with Crippen LogP contribution in [0.5, 0.6) is 5.75 Å². The molecule has 0 fully saturated rings. The Hall–Kier alpha value is -3.46. The number of phenols is 1. The SMILES string of the molecule is Cc1ccc(C)n1-c1cccc(C(=O)NN=Cc2cc(Br)c(O)c([N+](=O)[O-])c2)c1. The van der Waals surface area contributed by atoms with Crippen molar-refractivity contribution in [3.05, 3.63) is 85.6 Å². The minimum Gasteiger partial charge on any atom is -0.501 e. The second-order valence-corrected chi connectivity index (χ2v) is 7.18. The van der Waals surface area contributed by atoms with Gasteiger partial charge in [-0.15, -0.1) is 0 Å². The Morgan fingerprint density at radius 3 is 2.55 bits per heavy atom. The molecule has 0 aliphatic heterocycles. The van der Waals surface area contributed by atoms with E-state index in [0.717, 1.165) is 23.1 Å². The molecule has 8 nitrogen and oxygen atoms in total. The molecule has 0 saturated heterocycles. The normalized spacial score (nSPS) is 11.0. The fourth-order valence-electron chi connectivity index (χ4n) is 2.91. The molecular weight excluding hydrogens is 440 g/mol. The van der Waals surface area contributed by atoms with Gasteiger partial charge in [-0.3, -0.25) is 14.9 Å². The Bertz CT molecular complexity index is 1120. The maximum atomic E-state index is 12.4. The summed E-state index contributed by atoms with van der Waals surface area (Å²) in [5, 5.41) is 24.5. The summed E-state index contributed by atoms with van der Waals surface area (Å²) in [5.41, 5.74) is 5.68. The van der Waals surface area contributed by atoms with Gasteiger partial charge in [-0.1, -0.05) is 6.07 Å². The lowest BCUT2D eigenvalue weighted by Crippen LogP contribution is -2.18. The van der Waals surface area contributed by atoms with Gasteiger partial charge in [0.15, 0.2) is 0 Å². The Morgan fingerprint density at radius 2 is 1.90 bits per heavy atom. The largest absolute Gasteiger partial charge is 0.501 e. The summed E-state index contributed by atoms with van der Waals surface area (Å²) in [6.45, 7) is 3.97. The number of aryl methyl sites for hydroxylation is 2. The number of aromatic nitrogens is 1. The number of aromatic hydroxyl groups is 1. The van der Waals surface area contributed by atoms with E-state index in [1.165, 1.54) is 12.3 Å². The minimum absolute atomic E-state index is 0.157. The zero-order valence-corrected chi connectivity index (χ0v) is 17.2. The molecule has 0 unspecified atom stereocenters. The van der Waals surface area contributed by atoms with E-state index >= 15 is 0 Å². The highest BCUT2D eigenvalue weighted by atomic mass is 79.9. The monoisotopic (exact) mass is 456 g/mol. The molecule has 0 radical (unpaired) electrons. The number of carbonyl (C=O) groups excluding carboxylic acids is 1. The van der Waals surface area contributed by atoms with Crippen LogP contribution < -0.4 is 5.43 Å². The van der Waals surface area contributed by atoms with Crippen molar-refractivity contribution in [3.8, 4) is 11.4 Å². The van der Waals surface area contributed by atoms with Gasteiger partial charge in [0.05, 0.1) is 15.6 Å². The average molecular weight is 457 g/mol. The molecule has 0 aliphatic carbocycles. The fourth-order valence-corrected chi connectivity index (χ4v) is 3.38.